The van der Waals surface area contributed by atoms with Gasteiger partial charge in [-0.2, -0.15) is 5.10 Å². The average molecular weight is 270 g/mol. The quantitative estimate of drug-likeness (QED) is 0.626. The number of fused-ring (bicyclic) bond motifs is 1. The van der Waals surface area contributed by atoms with E-state index < -0.39 is 5.91 Å². The summed E-state index contributed by atoms with van der Waals surface area (Å²) < 4.78 is 12.8. The highest BCUT2D eigenvalue weighted by Gasteiger charge is 2.16. The first-order valence-corrected chi connectivity index (χ1v) is 5.94. The summed E-state index contributed by atoms with van der Waals surface area (Å²) in [7, 11) is 0. The Morgan fingerprint density at radius 3 is 2.70 bits per heavy atom. The molecule has 3 aromatic rings. The van der Waals surface area contributed by atoms with Crippen LogP contribution in [0.4, 0.5) is 15.8 Å². The number of H-pyrrole nitrogens is 1. The van der Waals surface area contributed by atoms with Crippen molar-refractivity contribution in [2.75, 3.05) is 11.1 Å². The lowest BCUT2D eigenvalue weighted by Gasteiger charge is -2.04. The van der Waals surface area contributed by atoms with Crippen LogP contribution >= 0.6 is 0 Å². The molecule has 3 rings (SSSR count). The molecule has 0 unspecified atom stereocenters. The highest BCUT2D eigenvalue weighted by atomic mass is 19.1. The maximum absolute atomic E-state index is 12.8. The fourth-order valence-electron chi connectivity index (χ4n) is 1.99. The van der Waals surface area contributed by atoms with Gasteiger partial charge < -0.3 is 11.1 Å². The maximum Gasteiger partial charge on any atom is 0.276 e. The van der Waals surface area contributed by atoms with Crippen molar-refractivity contribution in [2.24, 2.45) is 0 Å². The lowest BCUT2D eigenvalue weighted by molar-refractivity contribution is 0.102. The van der Waals surface area contributed by atoms with Gasteiger partial charge in [-0.1, -0.05) is 6.07 Å². The summed E-state index contributed by atoms with van der Waals surface area (Å²) in [5.41, 5.74) is 7.72. The standard InChI is InChI=1S/C14H11FN4O/c15-8-4-6-9(7-5-8)17-14(20)13-12-10(16)2-1-3-11(12)18-19-13/h1-7H,16H2,(H,17,20)(H,18,19). The minimum atomic E-state index is -0.402. The number of nitrogen functional groups attached to an aromatic ring is 1. The molecule has 1 heterocycles. The summed E-state index contributed by atoms with van der Waals surface area (Å²) >= 11 is 0. The zero-order chi connectivity index (χ0) is 14.1. The van der Waals surface area contributed by atoms with Crippen LogP contribution in [0.25, 0.3) is 10.9 Å². The van der Waals surface area contributed by atoms with Crippen molar-refractivity contribution >= 4 is 28.2 Å². The van der Waals surface area contributed by atoms with Gasteiger partial charge in [-0.25, -0.2) is 4.39 Å². The van der Waals surface area contributed by atoms with Gasteiger partial charge in [0.2, 0.25) is 0 Å². The third-order valence-corrected chi connectivity index (χ3v) is 2.94. The number of hydrogen-bond acceptors (Lipinski definition) is 3. The lowest BCUT2D eigenvalue weighted by Crippen LogP contribution is -2.13. The molecule has 0 bridgehead atoms. The van der Waals surface area contributed by atoms with Crippen molar-refractivity contribution < 1.29 is 9.18 Å². The number of anilines is 2. The molecule has 0 saturated heterocycles. The average Bonchev–Trinajstić information content (AvgIpc) is 2.87. The SMILES string of the molecule is Nc1cccc2[nH]nc(C(=O)Nc3ccc(F)cc3)c12. The van der Waals surface area contributed by atoms with Gasteiger partial charge in [0.25, 0.3) is 5.91 Å². The molecule has 1 amide bonds. The Morgan fingerprint density at radius 2 is 1.95 bits per heavy atom. The van der Waals surface area contributed by atoms with Gasteiger partial charge in [-0.15, -0.1) is 0 Å². The molecule has 0 saturated carbocycles. The van der Waals surface area contributed by atoms with Gasteiger partial charge in [0.1, 0.15) is 5.82 Å². The number of rotatable bonds is 2. The zero-order valence-electron chi connectivity index (χ0n) is 10.4. The van der Waals surface area contributed by atoms with Gasteiger partial charge in [-0.3, -0.25) is 9.89 Å². The van der Waals surface area contributed by atoms with Crippen LogP contribution in [0.2, 0.25) is 0 Å². The van der Waals surface area contributed by atoms with Crippen LogP contribution in [-0.4, -0.2) is 16.1 Å². The van der Waals surface area contributed by atoms with Crippen LogP contribution in [-0.2, 0) is 0 Å². The smallest absolute Gasteiger partial charge is 0.276 e. The van der Waals surface area contributed by atoms with E-state index in [4.69, 9.17) is 5.73 Å². The maximum atomic E-state index is 12.8. The molecule has 4 N–H and O–H groups in total. The van der Waals surface area contributed by atoms with E-state index in [0.717, 1.165) is 0 Å². The summed E-state index contributed by atoms with van der Waals surface area (Å²) in [6.45, 7) is 0. The van der Waals surface area contributed by atoms with E-state index in [1.807, 2.05) is 0 Å². The van der Waals surface area contributed by atoms with Crippen LogP contribution in [0.15, 0.2) is 42.5 Å². The van der Waals surface area contributed by atoms with E-state index in [1.54, 1.807) is 18.2 Å². The number of hydrogen-bond donors (Lipinski definition) is 3. The molecule has 0 aliphatic rings. The van der Waals surface area contributed by atoms with Crippen molar-refractivity contribution in [3.8, 4) is 0 Å². The number of nitrogens with zero attached hydrogens (tertiary/aromatic N) is 1. The first-order chi connectivity index (χ1) is 9.65. The van der Waals surface area contributed by atoms with Crippen molar-refractivity contribution in [1.82, 2.24) is 10.2 Å². The largest absolute Gasteiger partial charge is 0.398 e. The first-order valence-electron chi connectivity index (χ1n) is 5.94. The number of nitrogens with one attached hydrogen (secondary N) is 2. The van der Waals surface area contributed by atoms with Gasteiger partial charge >= 0.3 is 0 Å². The highest BCUT2D eigenvalue weighted by molar-refractivity contribution is 6.13. The van der Waals surface area contributed by atoms with Crippen molar-refractivity contribution in [2.45, 2.75) is 0 Å². The molecule has 0 radical (unpaired) electrons. The van der Waals surface area contributed by atoms with E-state index in [9.17, 15) is 9.18 Å². The second-order valence-corrected chi connectivity index (χ2v) is 4.30. The molecule has 0 spiro atoms. The molecule has 0 atom stereocenters. The molecule has 100 valence electrons. The summed E-state index contributed by atoms with van der Waals surface area (Å²) in [4.78, 5) is 12.2. The fraction of sp³-hybridized carbons (Fsp3) is 0. The second kappa shape index (κ2) is 4.65. The Hall–Kier alpha value is -2.89. The predicted octanol–water partition coefficient (Wildman–Crippen LogP) is 2.54. The number of carbonyl (C=O) groups excluding carboxylic acids is 1. The lowest BCUT2D eigenvalue weighted by atomic mass is 10.1. The molecule has 2 aromatic carbocycles. The molecule has 1 aromatic heterocycles. The van der Waals surface area contributed by atoms with Crippen molar-refractivity contribution in [3.63, 3.8) is 0 Å². The van der Waals surface area contributed by atoms with Crippen LogP contribution < -0.4 is 11.1 Å². The van der Waals surface area contributed by atoms with E-state index in [0.29, 0.717) is 22.3 Å². The summed E-state index contributed by atoms with van der Waals surface area (Å²) in [5, 5.41) is 9.96. The van der Waals surface area contributed by atoms with Crippen LogP contribution in [0.5, 0.6) is 0 Å². The van der Waals surface area contributed by atoms with Crippen LogP contribution in [0.1, 0.15) is 10.5 Å². The van der Waals surface area contributed by atoms with Crippen LogP contribution in [0.3, 0.4) is 0 Å². The number of nitrogens with two attached hydrogens (primary N) is 1. The topological polar surface area (TPSA) is 83.8 Å². The molecule has 20 heavy (non-hydrogen) atoms. The van der Waals surface area contributed by atoms with Gasteiger partial charge in [0.05, 0.1) is 10.9 Å². The Bertz CT molecular complexity index is 779. The molecular weight excluding hydrogens is 259 g/mol. The Kier molecular flexibility index (Phi) is 2.83. The van der Waals surface area contributed by atoms with Crippen molar-refractivity contribution in [1.29, 1.82) is 0 Å². The van der Waals surface area contributed by atoms with Gasteiger partial charge in [-0.05, 0) is 36.4 Å². The van der Waals surface area contributed by atoms with Crippen LogP contribution in [0, 0.1) is 5.82 Å². The number of carbonyl (C=O) groups is 1. The monoisotopic (exact) mass is 270 g/mol. The third-order valence-electron chi connectivity index (χ3n) is 2.94. The zero-order valence-corrected chi connectivity index (χ0v) is 10.4. The molecule has 5 nitrogen and oxygen atoms in total. The molecular formula is C14H11FN4O. The summed E-state index contributed by atoms with van der Waals surface area (Å²) in [6.07, 6.45) is 0. The number of halogens is 1. The highest BCUT2D eigenvalue weighted by Crippen LogP contribution is 2.23. The second-order valence-electron chi connectivity index (χ2n) is 4.30. The summed E-state index contributed by atoms with van der Waals surface area (Å²) in [5.74, 6) is -0.766. The number of aromatic amines is 1. The van der Waals surface area contributed by atoms with E-state index in [2.05, 4.69) is 15.5 Å². The normalized spacial score (nSPS) is 10.7. The van der Waals surface area contributed by atoms with E-state index >= 15 is 0 Å². The van der Waals surface area contributed by atoms with Crippen molar-refractivity contribution in [3.05, 3.63) is 54.0 Å². The Balaban J connectivity index is 1.95. The fourth-order valence-corrected chi connectivity index (χ4v) is 1.99. The third kappa shape index (κ3) is 2.07. The molecule has 0 aliphatic heterocycles. The molecule has 6 heteroatoms. The number of aromatic nitrogens is 2. The minimum absolute atomic E-state index is 0.211. The molecule has 0 fully saturated rings. The first kappa shape index (κ1) is 12.2. The van der Waals surface area contributed by atoms with E-state index in [-0.39, 0.29) is 11.5 Å². The van der Waals surface area contributed by atoms with Gasteiger partial charge in [0, 0.05) is 11.4 Å². The predicted molar refractivity (Wildman–Crippen MR) is 74.9 cm³/mol. The minimum Gasteiger partial charge on any atom is -0.398 e. The van der Waals surface area contributed by atoms with E-state index in [1.165, 1.54) is 24.3 Å². The number of benzene rings is 2. The molecule has 0 aliphatic carbocycles. The Labute approximate surface area is 113 Å². The number of amides is 1. The van der Waals surface area contributed by atoms with Gasteiger partial charge in [0.15, 0.2) is 5.69 Å². The summed E-state index contributed by atoms with van der Waals surface area (Å²) in [6, 6.07) is 10.8. The Morgan fingerprint density at radius 1 is 1.20 bits per heavy atom.